The predicted octanol–water partition coefficient (Wildman–Crippen LogP) is 3.69. The molecule has 2 aromatic rings. The number of rotatable bonds is 3. The summed E-state index contributed by atoms with van der Waals surface area (Å²) in [6.07, 6.45) is 0.802. The van der Waals surface area contributed by atoms with Crippen molar-refractivity contribution in [2.45, 2.75) is 34.1 Å². The molecule has 0 bridgehead atoms. The van der Waals surface area contributed by atoms with E-state index in [9.17, 15) is 4.79 Å². The molecule has 0 atom stereocenters. The lowest BCUT2D eigenvalue weighted by Gasteiger charge is -2.18. The molecule has 0 saturated carbocycles. The van der Waals surface area contributed by atoms with Gasteiger partial charge in [-0.1, -0.05) is 27.7 Å². The highest BCUT2D eigenvalue weighted by atomic mass is 32.1. The van der Waals surface area contributed by atoms with Crippen LogP contribution >= 0.6 is 11.3 Å². The van der Waals surface area contributed by atoms with E-state index in [0.717, 1.165) is 29.1 Å². The lowest BCUT2D eigenvalue weighted by Crippen LogP contribution is -2.28. The third-order valence-electron chi connectivity index (χ3n) is 2.91. The molecule has 4 nitrogen and oxygen atoms in total. The van der Waals surface area contributed by atoms with E-state index in [2.05, 4.69) is 15.5 Å². The highest BCUT2D eigenvalue weighted by Gasteiger charge is 2.24. The zero-order chi connectivity index (χ0) is 14.0. The number of hydrogen-bond donors (Lipinski definition) is 2. The SMILES string of the molecule is CCc1[nH]nc(-c2ccsc2)c1NC(=O)C(C)(C)C. The number of aromatic amines is 1. The molecular weight excluding hydrogens is 258 g/mol. The maximum atomic E-state index is 12.2. The molecule has 0 aliphatic heterocycles. The van der Waals surface area contributed by atoms with E-state index >= 15 is 0 Å². The van der Waals surface area contributed by atoms with E-state index in [1.807, 2.05) is 44.5 Å². The molecule has 0 saturated heterocycles. The number of carbonyl (C=O) groups excluding carboxylic acids is 1. The molecule has 19 heavy (non-hydrogen) atoms. The molecule has 0 aliphatic carbocycles. The Balaban J connectivity index is 2.38. The van der Waals surface area contributed by atoms with Crippen molar-refractivity contribution in [1.82, 2.24) is 10.2 Å². The molecule has 5 heteroatoms. The van der Waals surface area contributed by atoms with Gasteiger partial charge in [-0.05, 0) is 17.9 Å². The zero-order valence-corrected chi connectivity index (χ0v) is 12.5. The predicted molar refractivity (Wildman–Crippen MR) is 79.4 cm³/mol. The summed E-state index contributed by atoms with van der Waals surface area (Å²) in [4.78, 5) is 12.2. The van der Waals surface area contributed by atoms with E-state index in [-0.39, 0.29) is 5.91 Å². The number of anilines is 1. The lowest BCUT2D eigenvalue weighted by molar-refractivity contribution is -0.123. The van der Waals surface area contributed by atoms with Crippen molar-refractivity contribution in [3.8, 4) is 11.3 Å². The summed E-state index contributed by atoms with van der Waals surface area (Å²) in [5.74, 6) is 0.0000737. The van der Waals surface area contributed by atoms with Crippen LogP contribution in [0.3, 0.4) is 0 Å². The Hall–Kier alpha value is -1.62. The van der Waals surface area contributed by atoms with Crippen LogP contribution in [-0.2, 0) is 11.2 Å². The molecule has 0 aromatic carbocycles. The number of amides is 1. The minimum Gasteiger partial charge on any atom is -0.322 e. The second-order valence-electron chi connectivity index (χ2n) is 5.50. The van der Waals surface area contributed by atoms with Crippen LogP contribution in [0.2, 0.25) is 0 Å². The zero-order valence-electron chi connectivity index (χ0n) is 11.7. The molecule has 0 radical (unpaired) electrons. The van der Waals surface area contributed by atoms with Gasteiger partial charge >= 0.3 is 0 Å². The Morgan fingerprint density at radius 3 is 2.74 bits per heavy atom. The summed E-state index contributed by atoms with van der Waals surface area (Å²) in [7, 11) is 0. The van der Waals surface area contributed by atoms with Crippen molar-refractivity contribution < 1.29 is 4.79 Å². The summed E-state index contributed by atoms with van der Waals surface area (Å²) >= 11 is 1.62. The minimum atomic E-state index is -0.422. The number of aryl methyl sites for hydroxylation is 1. The van der Waals surface area contributed by atoms with Crippen molar-refractivity contribution in [3.05, 3.63) is 22.5 Å². The van der Waals surface area contributed by atoms with E-state index in [4.69, 9.17) is 0 Å². The van der Waals surface area contributed by atoms with Crippen LogP contribution in [0.15, 0.2) is 16.8 Å². The molecular formula is C14H19N3OS. The van der Waals surface area contributed by atoms with Gasteiger partial charge in [0.25, 0.3) is 0 Å². The van der Waals surface area contributed by atoms with Gasteiger partial charge in [0.1, 0.15) is 5.69 Å². The number of carbonyl (C=O) groups is 1. The average molecular weight is 277 g/mol. The van der Waals surface area contributed by atoms with E-state index < -0.39 is 5.41 Å². The van der Waals surface area contributed by atoms with Gasteiger partial charge in [0.15, 0.2) is 0 Å². The molecule has 2 N–H and O–H groups in total. The standard InChI is InChI=1S/C14H19N3OS/c1-5-10-12(15-13(18)14(2,3)4)11(17-16-10)9-6-7-19-8-9/h6-8H,5H2,1-4H3,(H,15,18)(H,16,17). The molecule has 2 heterocycles. The topological polar surface area (TPSA) is 57.8 Å². The first-order chi connectivity index (χ1) is 8.93. The highest BCUT2D eigenvalue weighted by Crippen LogP contribution is 2.31. The van der Waals surface area contributed by atoms with E-state index in [1.165, 1.54) is 0 Å². The first-order valence-electron chi connectivity index (χ1n) is 6.34. The quantitative estimate of drug-likeness (QED) is 0.899. The molecule has 2 aromatic heterocycles. The molecule has 0 fully saturated rings. The minimum absolute atomic E-state index is 0.0000737. The van der Waals surface area contributed by atoms with Crippen LogP contribution in [0.25, 0.3) is 11.3 Å². The van der Waals surface area contributed by atoms with Crippen molar-refractivity contribution >= 4 is 22.9 Å². The highest BCUT2D eigenvalue weighted by molar-refractivity contribution is 7.08. The Morgan fingerprint density at radius 2 is 2.21 bits per heavy atom. The van der Waals surface area contributed by atoms with Crippen molar-refractivity contribution in [1.29, 1.82) is 0 Å². The van der Waals surface area contributed by atoms with Gasteiger partial charge in [0, 0.05) is 16.4 Å². The normalized spacial score (nSPS) is 11.6. The largest absolute Gasteiger partial charge is 0.322 e. The van der Waals surface area contributed by atoms with E-state index in [1.54, 1.807) is 11.3 Å². The first kappa shape index (κ1) is 13.8. The Morgan fingerprint density at radius 1 is 1.47 bits per heavy atom. The Labute approximate surface area is 117 Å². The van der Waals surface area contributed by atoms with Gasteiger partial charge in [-0.25, -0.2) is 0 Å². The van der Waals surface area contributed by atoms with Crippen LogP contribution in [-0.4, -0.2) is 16.1 Å². The summed E-state index contributed by atoms with van der Waals surface area (Å²) in [6, 6.07) is 2.01. The summed E-state index contributed by atoms with van der Waals surface area (Å²) < 4.78 is 0. The number of H-pyrrole nitrogens is 1. The number of aromatic nitrogens is 2. The molecule has 1 amide bonds. The summed E-state index contributed by atoms with van der Waals surface area (Å²) in [5.41, 5.74) is 3.19. The molecule has 0 aliphatic rings. The Kier molecular flexibility index (Phi) is 3.75. The van der Waals surface area contributed by atoms with Crippen LogP contribution < -0.4 is 5.32 Å². The van der Waals surface area contributed by atoms with Gasteiger partial charge in [-0.15, -0.1) is 0 Å². The fourth-order valence-electron chi connectivity index (χ4n) is 1.68. The maximum absolute atomic E-state index is 12.2. The second kappa shape index (κ2) is 5.17. The number of hydrogen-bond acceptors (Lipinski definition) is 3. The Bertz CT molecular complexity index is 564. The van der Waals surface area contributed by atoms with Gasteiger partial charge in [0.05, 0.1) is 11.4 Å². The van der Waals surface area contributed by atoms with Crippen molar-refractivity contribution in [3.63, 3.8) is 0 Å². The fourth-order valence-corrected chi connectivity index (χ4v) is 2.32. The molecule has 102 valence electrons. The molecule has 0 unspecified atom stereocenters. The maximum Gasteiger partial charge on any atom is 0.229 e. The fraction of sp³-hybridized carbons (Fsp3) is 0.429. The number of nitrogens with one attached hydrogen (secondary N) is 2. The van der Waals surface area contributed by atoms with Gasteiger partial charge in [-0.2, -0.15) is 16.4 Å². The smallest absolute Gasteiger partial charge is 0.229 e. The number of thiophene rings is 1. The third kappa shape index (κ3) is 2.87. The lowest BCUT2D eigenvalue weighted by atomic mass is 9.95. The van der Waals surface area contributed by atoms with E-state index in [0.29, 0.717) is 0 Å². The molecule has 0 spiro atoms. The van der Waals surface area contributed by atoms with Crippen LogP contribution in [0, 0.1) is 5.41 Å². The van der Waals surface area contributed by atoms with Crippen LogP contribution in [0.5, 0.6) is 0 Å². The average Bonchev–Trinajstić information content (AvgIpc) is 2.95. The molecule has 2 rings (SSSR count). The van der Waals surface area contributed by atoms with Crippen molar-refractivity contribution in [2.24, 2.45) is 5.41 Å². The number of nitrogens with zero attached hydrogens (tertiary/aromatic N) is 1. The van der Waals surface area contributed by atoms with Gasteiger partial charge < -0.3 is 5.32 Å². The summed E-state index contributed by atoms with van der Waals surface area (Å²) in [6.45, 7) is 7.74. The third-order valence-corrected chi connectivity index (χ3v) is 3.59. The van der Waals surface area contributed by atoms with Gasteiger partial charge in [-0.3, -0.25) is 9.89 Å². The van der Waals surface area contributed by atoms with Crippen LogP contribution in [0.1, 0.15) is 33.4 Å². The second-order valence-corrected chi connectivity index (χ2v) is 6.28. The van der Waals surface area contributed by atoms with Gasteiger partial charge in [0.2, 0.25) is 5.91 Å². The monoisotopic (exact) mass is 277 g/mol. The summed E-state index contributed by atoms with van der Waals surface area (Å²) in [5, 5.41) is 14.4. The first-order valence-corrected chi connectivity index (χ1v) is 7.29. The van der Waals surface area contributed by atoms with Crippen LogP contribution in [0.4, 0.5) is 5.69 Å². The van der Waals surface area contributed by atoms with Crippen molar-refractivity contribution in [2.75, 3.05) is 5.32 Å².